The third kappa shape index (κ3) is 3.94. The molecule has 2 fully saturated rings. The van der Waals surface area contributed by atoms with Gasteiger partial charge in [-0.25, -0.2) is 4.39 Å². The zero-order valence-electron chi connectivity index (χ0n) is 14.9. The second-order valence-corrected chi connectivity index (χ2v) is 7.77. The Morgan fingerprint density at radius 2 is 1.64 bits per heavy atom. The number of hydrogen-bond donors (Lipinski definition) is 1. The molecule has 0 aromatic heterocycles. The zero-order chi connectivity index (χ0) is 17.3. The average molecular weight is 338 g/mol. The van der Waals surface area contributed by atoms with Gasteiger partial charge < -0.3 is 10.2 Å². The summed E-state index contributed by atoms with van der Waals surface area (Å²) in [5.74, 6) is 0.541. The van der Waals surface area contributed by atoms with E-state index in [2.05, 4.69) is 65.8 Å². The maximum atomic E-state index is 14.8. The molecule has 0 amide bonds. The van der Waals surface area contributed by atoms with Crippen LogP contribution in [0.2, 0.25) is 0 Å². The Balaban J connectivity index is 1.31. The topological polar surface area (TPSA) is 15.3 Å². The van der Waals surface area contributed by atoms with E-state index < -0.39 is 5.67 Å². The third-order valence-corrected chi connectivity index (χ3v) is 5.80. The van der Waals surface area contributed by atoms with Crippen LogP contribution >= 0.6 is 0 Å². The van der Waals surface area contributed by atoms with Crippen LogP contribution in [0.4, 0.5) is 4.39 Å². The molecule has 0 radical (unpaired) electrons. The van der Waals surface area contributed by atoms with Crippen LogP contribution in [0.3, 0.4) is 0 Å². The third-order valence-electron chi connectivity index (χ3n) is 5.80. The standard InChI is InChI=1S/C22H27FN2/c1-25-13-11-22(23,12-14-25)16-24-21-15-20(21)19-9-7-18(8-10-19)17-5-3-2-4-6-17/h2-10,20-21,24H,11-16H2,1H3. The Labute approximate surface area is 150 Å². The van der Waals surface area contributed by atoms with Crippen molar-refractivity contribution in [2.45, 2.75) is 36.9 Å². The first-order valence-electron chi connectivity index (χ1n) is 9.39. The van der Waals surface area contributed by atoms with E-state index in [1.165, 1.54) is 16.7 Å². The number of rotatable bonds is 5. The summed E-state index contributed by atoms with van der Waals surface area (Å²) in [6, 6.07) is 19.8. The molecule has 2 aromatic carbocycles. The lowest BCUT2D eigenvalue weighted by Crippen LogP contribution is -2.46. The van der Waals surface area contributed by atoms with Gasteiger partial charge in [-0.05, 0) is 43.0 Å². The van der Waals surface area contributed by atoms with E-state index in [1.807, 2.05) is 6.07 Å². The molecule has 0 bridgehead atoms. The molecule has 1 aliphatic heterocycles. The predicted octanol–water partition coefficient (Wildman–Crippen LogP) is 4.23. The van der Waals surface area contributed by atoms with Gasteiger partial charge in [-0.2, -0.15) is 0 Å². The Hall–Kier alpha value is -1.71. The molecule has 2 unspecified atom stereocenters. The van der Waals surface area contributed by atoms with Crippen molar-refractivity contribution in [3.63, 3.8) is 0 Å². The molecule has 4 rings (SSSR count). The van der Waals surface area contributed by atoms with Crippen molar-refractivity contribution < 1.29 is 4.39 Å². The molecule has 0 spiro atoms. The lowest BCUT2D eigenvalue weighted by molar-refractivity contribution is 0.0686. The molecule has 2 aromatic rings. The molecule has 1 saturated heterocycles. The Bertz CT molecular complexity index is 690. The highest BCUT2D eigenvalue weighted by molar-refractivity contribution is 5.63. The van der Waals surface area contributed by atoms with Crippen LogP contribution in [0.15, 0.2) is 54.6 Å². The molecule has 1 saturated carbocycles. The summed E-state index contributed by atoms with van der Waals surface area (Å²) in [6.07, 6.45) is 2.43. The van der Waals surface area contributed by atoms with E-state index >= 15 is 0 Å². The maximum absolute atomic E-state index is 14.8. The first-order valence-corrected chi connectivity index (χ1v) is 9.39. The minimum atomic E-state index is -1.02. The molecule has 2 atom stereocenters. The SMILES string of the molecule is CN1CCC(F)(CNC2CC2c2ccc(-c3ccccc3)cc2)CC1. The van der Waals surface area contributed by atoms with Gasteiger partial charge in [0.2, 0.25) is 0 Å². The molecule has 132 valence electrons. The summed E-state index contributed by atoms with van der Waals surface area (Å²) in [7, 11) is 2.07. The maximum Gasteiger partial charge on any atom is 0.125 e. The van der Waals surface area contributed by atoms with Crippen molar-refractivity contribution in [1.82, 2.24) is 10.2 Å². The fourth-order valence-corrected chi connectivity index (χ4v) is 3.85. The van der Waals surface area contributed by atoms with Crippen molar-refractivity contribution in [2.75, 3.05) is 26.7 Å². The van der Waals surface area contributed by atoms with Crippen LogP contribution in [-0.2, 0) is 0 Å². The number of nitrogens with one attached hydrogen (secondary N) is 1. The van der Waals surface area contributed by atoms with Gasteiger partial charge in [0.25, 0.3) is 0 Å². The van der Waals surface area contributed by atoms with Gasteiger partial charge in [-0.1, -0.05) is 54.6 Å². The van der Waals surface area contributed by atoms with Crippen LogP contribution in [-0.4, -0.2) is 43.3 Å². The van der Waals surface area contributed by atoms with Gasteiger partial charge in [0, 0.05) is 31.6 Å². The second-order valence-electron chi connectivity index (χ2n) is 7.77. The number of benzene rings is 2. The van der Waals surface area contributed by atoms with E-state index in [0.717, 1.165) is 19.5 Å². The van der Waals surface area contributed by atoms with E-state index in [-0.39, 0.29) is 0 Å². The molecule has 3 heteroatoms. The Kier molecular flexibility index (Phi) is 4.61. The van der Waals surface area contributed by atoms with E-state index in [0.29, 0.717) is 31.3 Å². The number of alkyl halides is 1. The summed E-state index contributed by atoms with van der Waals surface area (Å²) < 4.78 is 14.8. The summed E-state index contributed by atoms with van der Waals surface area (Å²) in [4.78, 5) is 2.21. The predicted molar refractivity (Wildman–Crippen MR) is 102 cm³/mol. The number of nitrogens with zero attached hydrogens (tertiary/aromatic N) is 1. The summed E-state index contributed by atoms with van der Waals surface area (Å²) >= 11 is 0. The van der Waals surface area contributed by atoms with Crippen LogP contribution in [0, 0.1) is 0 Å². The largest absolute Gasteiger partial charge is 0.310 e. The fraction of sp³-hybridized carbons (Fsp3) is 0.455. The van der Waals surface area contributed by atoms with Gasteiger partial charge in [-0.3, -0.25) is 0 Å². The van der Waals surface area contributed by atoms with Gasteiger partial charge >= 0.3 is 0 Å². The average Bonchev–Trinajstić information content (AvgIpc) is 3.44. The van der Waals surface area contributed by atoms with Crippen molar-refractivity contribution in [2.24, 2.45) is 0 Å². The van der Waals surface area contributed by atoms with Crippen LogP contribution in [0.1, 0.15) is 30.7 Å². The number of hydrogen-bond acceptors (Lipinski definition) is 2. The Morgan fingerprint density at radius 3 is 2.32 bits per heavy atom. The summed E-state index contributed by atoms with van der Waals surface area (Å²) in [5, 5.41) is 3.48. The van der Waals surface area contributed by atoms with Crippen LogP contribution in [0.5, 0.6) is 0 Å². The number of likely N-dealkylation sites (tertiary alicyclic amines) is 1. The molecule has 1 heterocycles. The molecule has 2 aliphatic rings. The van der Waals surface area contributed by atoms with Crippen molar-refractivity contribution in [1.29, 1.82) is 0 Å². The summed E-state index contributed by atoms with van der Waals surface area (Å²) in [6.45, 7) is 2.24. The van der Waals surface area contributed by atoms with Gasteiger partial charge in [-0.15, -0.1) is 0 Å². The van der Waals surface area contributed by atoms with Crippen molar-refractivity contribution >= 4 is 0 Å². The monoisotopic (exact) mass is 338 g/mol. The molecular weight excluding hydrogens is 311 g/mol. The fourth-order valence-electron chi connectivity index (χ4n) is 3.85. The highest BCUT2D eigenvalue weighted by Gasteiger charge is 2.41. The number of halogens is 1. The quantitative estimate of drug-likeness (QED) is 0.877. The van der Waals surface area contributed by atoms with Crippen molar-refractivity contribution in [3.05, 3.63) is 60.2 Å². The minimum Gasteiger partial charge on any atom is -0.310 e. The molecular formula is C22H27FN2. The Morgan fingerprint density at radius 1 is 1.00 bits per heavy atom. The molecule has 25 heavy (non-hydrogen) atoms. The molecule has 1 N–H and O–H groups in total. The molecule has 1 aliphatic carbocycles. The second kappa shape index (κ2) is 6.89. The first-order chi connectivity index (χ1) is 12.1. The minimum absolute atomic E-state index is 0.440. The summed E-state index contributed by atoms with van der Waals surface area (Å²) in [5.41, 5.74) is 2.86. The normalized spacial score (nSPS) is 25.7. The van der Waals surface area contributed by atoms with Crippen LogP contribution in [0.25, 0.3) is 11.1 Å². The van der Waals surface area contributed by atoms with Crippen molar-refractivity contribution in [3.8, 4) is 11.1 Å². The smallest absolute Gasteiger partial charge is 0.125 e. The lowest BCUT2D eigenvalue weighted by atomic mass is 9.93. The highest BCUT2D eigenvalue weighted by Crippen LogP contribution is 2.41. The number of piperidine rings is 1. The van der Waals surface area contributed by atoms with E-state index in [9.17, 15) is 4.39 Å². The van der Waals surface area contributed by atoms with Gasteiger partial charge in [0.15, 0.2) is 0 Å². The first kappa shape index (κ1) is 16.7. The van der Waals surface area contributed by atoms with Crippen LogP contribution < -0.4 is 5.32 Å². The van der Waals surface area contributed by atoms with Gasteiger partial charge in [0.05, 0.1) is 0 Å². The zero-order valence-corrected chi connectivity index (χ0v) is 14.9. The van der Waals surface area contributed by atoms with Gasteiger partial charge in [0.1, 0.15) is 5.67 Å². The van der Waals surface area contributed by atoms with E-state index in [4.69, 9.17) is 0 Å². The lowest BCUT2D eigenvalue weighted by Gasteiger charge is -2.34. The molecule has 2 nitrogen and oxygen atoms in total. The highest BCUT2D eigenvalue weighted by atomic mass is 19.1. The van der Waals surface area contributed by atoms with E-state index in [1.54, 1.807) is 0 Å².